The van der Waals surface area contributed by atoms with Gasteiger partial charge in [0.15, 0.2) is 0 Å². The molecule has 17 heavy (non-hydrogen) atoms. The highest BCUT2D eigenvalue weighted by Crippen LogP contribution is 2.17. The summed E-state index contributed by atoms with van der Waals surface area (Å²) >= 11 is 0. The maximum atomic E-state index is 11.8. The van der Waals surface area contributed by atoms with Gasteiger partial charge in [0.2, 0.25) is 5.91 Å². The molecule has 0 unspecified atom stereocenters. The molecule has 1 aromatic rings. The minimum Gasteiger partial charge on any atom is -0.507 e. The summed E-state index contributed by atoms with van der Waals surface area (Å²) in [5.74, 6) is 0.239. The molecule has 1 aliphatic rings. The minimum absolute atomic E-state index is 0.0351. The maximum absolute atomic E-state index is 11.8. The molecule has 0 aromatic heterocycles. The molecule has 1 fully saturated rings. The fraction of sp³-hybridized carbons (Fsp3) is 0.357. The zero-order chi connectivity index (χ0) is 12.1. The standard InChI is InChI=1S/C14H17NO2/c16-13-7-3-2-6-12(13)8-9-14(17)15-10-4-1-5-11-15/h2-3,6-9,16H,1,4-5,10-11H2. The highest BCUT2D eigenvalue weighted by atomic mass is 16.3. The van der Waals surface area contributed by atoms with Crippen molar-refractivity contribution in [3.8, 4) is 5.75 Å². The van der Waals surface area contributed by atoms with Gasteiger partial charge in [-0.05, 0) is 31.4 Å². The molecule has 90 valence electrons. The van der Waals surface area contributed by atoms with Crippen molar-refractivity contribution in [1.82, 2.24) is 4.90 Å². The molecular formula is C14H17NO2. The first-order valence-electron chi connectivity index (χ1n) is 6.02. The zero-order valence-electron chi connectivity index (χ0n) is 9.80. The number of aromatic hydroxyl groups is 1. The van der Waals surface area contributed by atoms with Crippen LogP contribution < -0.4 is 0 Å². The molecular weight excluding hydrogens is 214 g/mol. The second-order valence-electron chi connectivity index (χ2n) is 4.28. The van der Waals surface area contributed by atoms with Gasteiger partial charge in [0.05, 0.1) is 0 Å². The van der Waals surface area contributed by atoms with E-state index in [1.54, 1.807) is 30.4 Å². The van der Waals surface area contributed by atoms with Gasteiger partial charge in [-0.2, -0.15) is 0 Å². The third-order valence-electron chi connectivity index (χ3n) is 3.01. The molecule has 0 radical (unpaired) electrons. The first kappa shape index (κ1) is 11.7. The van der Waals surface area contributed by atoms with Crippen LogP contribution in [0.5, 0.6) is 5.75 Å². The number of benzene rings is 1. The van der Waals surface area contributed by atoms with E-state index < -0.39 is 0 Å². The van der Waals surface area contributed by atoms with Crippen molar-refractivity contribution in [2.75, 3.05) is 13.1 Å². The van der Waals surface area contributed by atoms with Crippen molar-refractivity contribution < 1.29 is 9.90 Å². The second kappa shape index (κ2) is 5.53. The van der Waals surface area contributed by atoms with E-state index >= 15 is 0 Å². The molecule has 1 heterocycles. The maximum Gasteiger partial charge on any atom is 0.246 e. The Bertz CT molecular complexity index is 420. The van der Waals surface area contributed by atoms with E-state index in [2.05, 4.69) is 0 Å². The van der Waals surface area contributed by atoms with Crippen LogP contribution in [0.2, 0.25) is 0 Å². The molecule has 3 heteroatoms. The van der Waals surface area contributed by atoms with Crippen LogP contribution in [-0.2, 0) is 4.79 Å². The quantitative estimate of drug-likeness (QED) is 0.794. The third kappa shape index (κ3) is 3.09. The Balaban J connectivity index is 2.00. The average molecular weight is 231 g/mol. The van der Waals surface area contributed by atoms with Gasteiger partial charge < -0.3 is 10.0 Å². The molecule has 0 saturated carbocycles. The lowest BCUT2D eigenvalue weighted by Gasteiger charge is -2.25. The molecule has 1 amide bonds. The number of carbonyl (C=O) groups is 1. The molecule has 0 aliphatic carbocycles. The first-order chi connectivity index (χ1) is 8.27. The molecule has 1 aliphatic heterocycles. The lowest BCUT2D eigenvalue weighted by molar-refractivity contribution is -0.126. The number of likely N-dealkylation sites (tertiary alicyclic amines) is 1. The first-order valence-corrected chi connectivity index (χ1v) is 6.02. The second-order valence-corrected chi connectivity index (χ2v) is 4.28. The van der Waals surface area contributed by atoms with Crippen LogP contribution in [0.4, 0.5) is 0 Å². The summed E-state index contributed by atoms with van der Waals surface area (Å²) in [6.45, 7) is 1.70. The number of rotatable bonds is 2. The molecule has 0 spiro atoms. The van der Waals surface area contributed by atoms with Gasteiger partial charge in [-0.15, -0.1) is 0 Å². The minimum atomic E-state index is 0.0351. The fourth-order valence-corrected chi connectivity index (χ4v) is 2.01. The van der Waals surface area contributed by atoms with E-state index in [4.69, 9.17) is 0 Å². The Labute approximate surface area is 101 Å². The van der Waals surface area contributed by atoms with E-state index in [-0.39, 0.29) is 11.7 Å². The molecule has 1 aromatic carbocycles. The predicted octanol–water partition coefficient (Wildman–Crippen LogP) is 2.42. The molecule has 0 bridgehead atoms. The number of carbonyl (C=O) groups excluding carboxylic acids is 1. The van der Waals surface area contributed by atoms with E-state index in [1.165, 1.54) is 6.42 Å². The Morgan fingerprint density at radius 1 is 1.18 bits per heavy atom. The molecule has 1 N–H and O–H groups in total. The summed E-state index contributed by atoms with van der Waals surface area (Å²) in [5.41, 5.74) is 0.679. The van der Waals surface area contributed by atoms with Gasteiger partial charge in [0, 0.05) is 24.7 Å². The lowest BCUT2D eigenvalue weighted by atomic mass is 10.1. The van der Waals surface area contributed by atoms with Crippen molar-refractivity contribution in [2.24, 2.45) is 0 Å². The summed E-state index contributed by atoms with van der Waals surface area (Å²) in [4.78, 5) is 13.7. The van der Waals surface area contributed by atoms with Crippen LogP contribution in [0.25, 0.3) is 6.08 Å². The van der Waals surface area contributed by atoms with E-state index in [0.29, 0.717) is 5.56 Å². The van der Waals surface area contributed by atoms with Gasteiger partial charge in [0.25, 0.3) is 0 Å². The topological polar surface area (TPSA) is 40.5 Å². The largest absolute Gasteiger partial charge is 0.507 e. The van der Waals surface area contributed by atoms with Crippen LogP contribution in [0, 0.1) is 0 Å². The van der Waals surface area contributed by atoms with Crippen LogP contribution in [0.3, 0.4) is 0 Å². The van der Waals surface area contributed by atoms with Gasteiger partial charge >= 0.3 is 0 Å². The van der Waals surface area contributed by atoms with Crippen molar-refractivity contribution in [3.05, 3.63) is 35.9 Å². The summed E-state index contributed by atoms with van der Waals surface area (Å²) < 4.78 is 0. The third-order valence-corrected chi connectivity index (χ3v) is 3.01. The van der Waals surface area contributed by atoms with Crippen LogP contribution in [0.1, 0.15) is 24.8 Å². The number of para-hydroxylation sites is 1. The summed E-state index contributed by atoms with van der Waals surface area (Å²) in [5, 5.41) is 9.56. The highest BCUT2D eigenvalue weighted by molar-refractivity contribution is 5.92. The molecule has 0 atom stereocenters. The van der Waals surface area contributed by atoms with E-state index in [0.717, 1.165) is 25.9 Å². The average Bonchev–Trinajstić information content (AvgIpc) is 2.38. The fourth-order valence-electron chi connectivity index (χ4n) is 2.01. The zero-order valence-corrected chi connectivity index (χ0v) is 9.80. The van der Waals surface area contributed by atoms with Crippen LogP contribution >= 0.6 is 0 Å². The Hall–Kier alpha value is -1.77. The van der Waals surface area contributed by atoms with Gasteiger partial charge in [-0.1, -0.05) is 18.2 Å². The number of amides is 1. The van der Waals surface area contributed by atoms with Crippen molar-refractivity contribution in [1.29, 1.82) is 0 Å². The number of hydrogen-bond acceptors (Lipinski definition) is 2. The Morgan fingerprint density at radius 3 is 2.59 bits per heavy atom. The molecule has 2 rings (SSSR count). The predicted molar refractivity (Wildman–Crippen MR) is 67.6 cm³/mol. The Kier molecular flexibility index (Phi) is 3.81. The highest BCUT2D eigenvalue weighted by Gasteiger charge is 2.13. The molecule has 1 saturated heterocycles. The van der Waals surface area contributed by atoms with Crippen molar-refractivity contribution >= 4 is 12.0 Å². The number of piperidine rings is 1. The molecule has 3 nitrogen and oxygen atoms in total. The van der Waals surface area contributed by atoms with Crippen LogP contribution in [0.15, 0.2) is 30.3 Å². The monoisotopic (exact) mass is 231 g/mol. The van der Waals surface area contributed by atoms with Crippen molar-refractivity contribution in [2.45, 2.75) is 19.3 Å². The Morgan fingerprint density at radius 2 is 1.88 bits per heavy atom. The number of phenolic OH excluding ortho intramolecular Hbond substituents is 1. The SMILES string of the molecule is O=C(C=Cc1ccccc1O)N1CCCCC1. The lowest BCUT2D eigenvalue weighted by Crippen LogP contribution is -2.34. The van der Waals surface area contributed by atoms with Crippen LogP contribution in [-0.4, -0.2) is 29.0 Å². The van der Waals surface area contributed by atoms with Gasteiger partial charge in [-0.25, -0.2) is 0 Å². The number of phenols is 1. The summed E-state index contributed by atoms with van der Waals surface area (Å²) in [6.07, 6.45) is 6.62. The summed E-state index contributed by atoms with van der Waals surface area (Å²) in [6, 6.07) is 7.00. The van der Waals surface area contributed by atoms with Gasteiger partial charge in [-0.3, -0.25) is 4.79 Å². The van der Waals surface area contributed by atoms with Gasteiger partial charge in [0.1, 0.15) is 5.75 Å². The summed E-state index contributed by atoms with van der Waals surface area (Å²) in [7, 11) is 0. The number of hydrogen-bond donors (Lipinski definition) is 1. The van der Waals surface area contributed by atoms with Crippen molar-refractivity contribution in [3.63, 3.8) is 0 Å². The van der Waals surface area contributed by atoms with E-state index in [9.17, 15) is 9.90 Å². The normalized spacial score (nSPS) is 16.4. The smallest absolute Gasteiger partial charge is 0.246 e. The van der Waals surface area contributed by atoms with E-state index in [1.807, 2.05) is 11.0 Å². The number of nitrogens with zero attached hydrogens (tertiary/aromatic N) is 1.